The summed E-state index contributed by atoms with van der Waals surface area (Å²) in [6.45, 7) is 8.05. The minimum absolute atomic E-state index is 0.107. The molecule has 0 aliphatic carbocycles. The van der Waals surface area contributed by atoms with Crippen molar-refractivity contribution in [2.75, 3.05) is 36.5 Å². The van der Waals surface area contributed by atoms with Crippen molar-refractivity contribution in [1.82, 2.24) is 25.1 Å². The molecule has 2 fully saturated rings. The lowest BCUT2D eigenvalue weighted by atomic mass is 10.1. The number of hydrogen-bond donors (Lipinski definition) is 3. The number of carbonyl (C=O) groups excluding carboxylic acids is 1. The summed E-state index contributed by atoms with van der Waals surface area (Å²) in [5, 5.41) is 19.8. The third-order valence-electron chi connectivity index (χ3n) is 6.19. The summed E-state index contributed by atoms with van der Waals surface area (Å²) in [5.74, 6) is 1.50. The van der Waals surface area contributed by atoms with Crippen LogP contribution in [0.1, 0.15) is 33.6 Å². The number of carbonyl (C=O) groups is 1. The Kier molecular flexibility index (Phi) is 5.86. The molecular weight excluding hydrogens is 434 g/mol. The van der Waals surface area contributed by atoms with Crippen LogP contribution in [0.4, 0.5) is 16.3 Å². The van der Waals surface area contributed by atoms with E-state index in [1.54, 1.807) is 0 Å². The monoisotopic (exact) mass is 465 g/mol. The zero-order chi connectivity index (χ0) is 23.9. The van der Waals surface area contributed by atoms with Gasteiger partial charge >= 0.3 is 6.03 Å². The molecule has 2 atom stereocenters. The minimum atomic E-state index is -0.363. The first-order valence-electron chi connectivity index (χ1n) is 11.7. The first-order valence-corrected chi connectivity index (χ1v) is 11.7. The van der Waals surface area contributed by atoms with E-state index >= 15 is 0 Å². The van der Waals surface area contributed by atoms with Crippen LogP contribution in [-0.4, -0.2) is 69.3 Å². The Morgan fingerprint density at radius 1 is 1.15 bits per heavy atom. The molecule has 0 spiro atoms. The van der Waals surface area contributed by atoms with Gasteiger partial charge in [0.1, 0.15) is 5.82 Å². The zero-order valence-corrected chi connectivity index (χ0v) is 19.8. The molecule has 34 heavy (non-hydrogen) atoms. The number of anilines is 2. The summed E-state index contributed by atoms with van der Waals surface area (Å²) < 4.78 is 8.00. The quantitative estimate of drug-likeness (QED) is 0.530. The van der Waals surface area contributed by atoms with Crippen LogP contribution in [0.2, 0.25) is 0 Å². The van der Waals surface area contributed by atoms with E-state index in [1.165, 1.54) is 0 Å². The predicted molar refractivity (Wildman–Crippen MR) is 130 cm³/mol. The smallest absolute Gasteiger partial charge is 0.319 e. The molecule has 2 amide bonds. The van der Waals surface area contributed by atoms with Crippen molar-refractivity contribution in [2.45, 2.75) is 51.4 Å². The van der Waals surface area contributed by atoms with Crippen LogP contribution in [0.15, 0.2) is 30.5 Å². The number of urea groups is 1. The molecule has 10 heteroatoms. The number of amides is 2. The van der Waals surface area contributed by atoms with Crippen LogP contribution in [0.3, 0.4) is 0 Å². The highest BCUT2D eigenvalue weighted by Gasteiger charge is 2.35. The summed E-state index contributed by atoms with van der Waals surface area (Å²) in [6.07, 6.45) is 4.53. The van der Waals surface area contributed by atoms with E-state index in [0.717, 1.165) is 48.3 Å². The molecule has 10 nitrogen and oxygen atoms in total. The van der Waals surface area contributed by atoms with Crippen molar-refractivity contribution in [2.24, 2.45) is 0 Å². The van der Waals surface area contributed by atoms with Crippen molar-refractivity contribution in [3.05, 3.63) is 30.5 Å². The van der Waals surface area contributed by atoms with Gasteiger partial charge in [0.25, 0.3) is 0 Å². The molecule has 1 aromatic carbocycles. The molecule has 2 aliphatic heterocycles. The number of fused-ring (bicyclic) bond motifs is 3. The lowest BCUT2D eigenvalue weighted by molar-refractivity contribution is 0.0303. The fraction of sp³-hybridized carbons (Fsp3) is 0.500. The van der Waals surface area contributed by atoms with Crippen molar-refractivity contribution in [3.8, 4) is 11.4 Å². The van der Waals surface area contributed by atoms with Gasteiger partial charge < -0.3 is 25.4 Å². The number of aliphatic hydroxyl groups is 1. The average molecular weight is 466 g/mol. The van der Waals surface area contributed by atoms with E-state index in [1.807, 2.05) is 35.1 Å². The number of rotatable bonds is 5. The normalized spacial score (nSPS) is 20.1. The maximum absolute atomic E-state index is 11.9. The Morgan fingerprint density at radius 3 is 2.50 bits per heavy atom. The van der Waals surface area contributed by atoms with Crippen molar-refractivity contribution in [3.63, 3.8) is 0 Å². The highest BCUT2D eigenvalue weighted by atomic mass is 16.5. The Hall–Kier alpha value is -3.24. The number of morpholine rings is 1. The molecule has 5 rings (SSSR count). The standard InChI is InChI=1S/C24H31N7O3/c1-24(2,3)31-22-19(12-26-31)21(30-13-17-8-9-18(14-30)34-17)28-20(29-22)15-4-6-16(7-5-15)27-23(33)25-10-11-32/h4-7,12,17-18,32H,8-11,13-14H2,1-3H3,(H2,25,27,33). The molecule has 2 bridgehead atoms. The minimum Gasteiger partial charge on any atom is -0.395 e. The third-order valence-corrected chi connectivity index (χ3v) is 6.19. The number of benzene rings is 1. The molecule has 0 saturated carbocycles. The Balaban J connectivity index is 1.51. The number of nitrogens with zero attached hydrogens (tertiary/aromatic N) is 5. The second kappa shape index (κ2) is 8.84. The van der Waals surface area contributed by atoms with Gasteiger partial charge in [0.05, 0.1) is 35.9 Å². The predicted octanol–water partition coefficient (Wildman–Crippen LogP) is 2.73. The molecule has 0 radical (unpaired) electrons. The van der Waals surface area contributed by atoms with Gasteiger partial charge in [-0.1, -0.05) is 0 Å². The second-order valence-corrected chi connectivity index (χ2v) is 9.88. The van der Waals surface area contributed by atoms with Crippen LogP contribution >= 0.6 is 0 Å². The Morgan fingerprint density at radius 2 is 1.85 bits per heavy atom. The SMILES string of the molecule is CC(C)(C)n1ncc2c(N3CC4CCC(C3)O4)nc(-c3ccc(NC(=O)NCCO)cc3)nc21. The van der Waals surface area contributed by atoms with Gasteiger partial charge in [-0.2, -0.15) is 5.10 Å². The molecule has 3 aromatic rings. The van der Waals surface area contributed by atoms with Gasteiger partial charge in [0.2, 0.25) is 0 Å². The highest BCUT2D eigenvalue weighted by Crippen LogP contribution is 2.34. The average Bonchev–Trinajstić information content (AvgIpc) is 3.40. The van der Waals surface area contributed by atoms with E-state index < -0.39 is 0 Å². The first kappa shape index (κ1) is 22.5. The summed E-state index contributed by atoms with van der Waals surface area (Å²) in [5.41, 5.74) is 2.06. The Bertz CT molecular complexity index is 1170. The van der Waals surface area contributed by atoms with Crippen molar-refractivity contribution < 1.29 is 14.6 Å². The van der Waals surface area contributed by atoms with Crippen LogP contribution in [0.5, 0.6) is 0 Å². The molecule has 2 aromatic heterocycles. The molecule has 2 aliphatic rings. The summed E-state index contributed by atoms with van der Waals surface area (Å²) >= 11 is 0. The molecule has 4 heterocycles. The van der Waals surface area contributed by atoms with Crippen molar-refractivity contribution in [1.29, 1.82) is 0 Å². The maximum Gasteiger partial charge on any atom is 0.319 e. The summed E-state index contributed by atoms with van der Waals surface area (Å²) in [6, 6.07) is 7.06. The number of aromatic nitrogens is 4. The van der Waals surface area contributed by atoms with Gasteiger partial charge in [-0.25, -0.2) is 19.4 Å². The van der Waals surface area contributed by atoms with Crippen LogP contribution < -0.4 is 15.5 Å². The third kappa shape index (κ3) is 4.43. The number of hydrogen-bond acceptors (Lipinski definition) is 7. The molecule has 2 unspecified atom stereocenters. The molecular formula is C24H31N7O3. The van der Waals surface area contributed by atoms with Gasteiger partial charge in [-0.3, -0.25) is 0 Å². The van der Waals surface area contributed by atoms with E-state index in [0.29, 0.717) is 11.5 Å². The first-order chi connectivity index (χ1) is 16.3. The lowest BCUT2D eigenvalue weighted by Gasteiger charge is -2.33. The number of ether oxygens (including phenoxy) is 1. The van der Waals surface area contributed by atoms with Crippen molar-refractivity contribution >= 4 is 28.6 Å². The topological polar surface area (TPSA) is 117 Å². The van der Waals surface area contributed by atoms with Gasteiger partial charge in [-0.05, 0) is 57.9 Å². The van der Waals surface area contributed by atoms with E-state index in [-0.39, 0.29) is 36.9 Å². The second-order valence-electron chi connectivity index (χ2n) is 9.88. The maximum atomic E-state index is 11.9. The number of aliphatic hydroxyl groups excluding tert-OH is 1. The van der Waals surface area contributed by atoms with Gasteiger partial charge in [-0.15, -0.1) is 0 Å². The molecule has 3 N–H and O–H groups in total. The Labute approximate surface area is 198 Å². The van der Waals surface area contributed by atoms with Crippen LogP contribution in [-0.2, 0) is 10.3 Å². The van der Waals surface area contributed by atoms with Crippen LogP contribution in [0.25, 0.3) is 22.4 Å². The van der Waals surface area contributed by atoms with Gasteiger partial charge in [0, 0.05) is 30.9 Å². The largest absolute Gasteiger partial charge is 0.395 e. The zero-order valence-electron chi connectivity index (χ0n) is 19.8. The molecule has 2 saturated heterocycles. The summed E-state index contributed by atoms with van der Waals surface area (Å²) in [4.78, 5) is 24.1. The van der Waals surface area contributed by atoms with E-state index in [2.05, 4.69) is 41.4 Å². The number of nitrogens with one attached hydrogen (secondary N) is 2. The lowest BCUT2D eigenvalue weighted by Crippen LogP contribution is -2.43. The van der Waals surface area contributed by atoms with E-state index in [4.69, 9.17) is 19.8 Å². The molecule has 180 valence electrons. The summed E-state index contributed by atoms with van der Waals surface area (Å²) in [7, 11) is 0. The van der Waals surface area contributed by atoms with Gasteiger partial charge in [0.15, 0.2) is 11.5 Å². The fourth-order valence-corrected chi connectivity index (χ4v) is 4.59. The highest BCUT2D eigenvalue weighted by molar-refractivity contribution is 5.90. The fourth-order valence-electron chi connectivity index (χ4n) is 4.59. The van der Waals surface area contributed by atoms with E-state index in [9.17, 15) is 4.79 Å². The van der Waals surface area contributed by atoms with Crippen LogP contribution in [0, 0.1) is 0 Å².